The second-order valence-corrected chi connectivity index (χ2v) is 4.73. The summed E-state index contributed by atoms with van der Waals surface area (Å²) in [6, 6.07) is 11.6. The maximum absolute atomic E-state index is 8.85. The van der Waals surface area contributed by atoms with Gasteiger partial charge in [0, 0.05) is 12.3 Å². The molecule has 0 amide bonds. The van der Waals surface area contributed by atoms with Crippen LogP contribution in [0.1, 0.15) is 29.5 Å². The monoisotopic (exact) mass is 250 g/mol. The van der Waals surface area contributed by atoms with Crippen LogP contribution in [0.4, 0.5) is 0 Å². The third-order valence-corrected chi connectivity index (χ3v) is 3.41. The van der Waals surface area contributed by atoms with Gasteiger partial charge in [-0.2, -0.15) is 5.26 Å². The van der Waals surface area contributed by atoms with Crippen LogP contribution in [-0.4, -0.2) is 4.98 Å². The molecule has 0 bridgehead atoms. The minimum Gasteiger partial charge on any atom is -0.439 e. The summed E-state index contributed by atoms with van der Waals surface area (Å²) in [7, 11) is 0. The summed E-state index contributed by atoms with van der Waals surface area (Å²) in [5.41, 5.74) is 3.36. The number of aryl methyl sites for hydroxylation is 2. The SMILES string of the molecule is N#Cc1ccnc(Oc2ccc3c(c2)CCCC3)c1. The maximum atomic E-state index is 8.85. The van der Waals surface area contributed by atoms with Crippen LogP contribution in [0.15, 0.2) is 36.5 Å². The van der Waals surface area contributed by atoms with Gasteiger partial charge in [-0.25, -0.2) is 4.98 Å². The van der Waals surface area contributed by atoms with E-state index < -0.39 is 0 Å². The molecule has 0 N–H and O–H groups in total. The molecule has 19 heavy (non-hydrogen) atoms. The minimum atomic E-state index is 0.467. The molecule has 0 unspecified atom stereocenters. The summed E-state index contributed by atoms with van der Waals surface area (Å²) in [4.78, 5) is 4.12. The highest BCUT2D eigenvalue weighted by molar-refractivity contribution is 5.39. The molecule has 1 aliphatic carbocycles. The number of ether oxygens (including phenoxy) is 1. The molecule has 0 spiro atoms. The molecule has 1 aromatic carbocycles. The molecule has 0 atom stereocenters. The van der Waals surface area contributed by atoms with E-state index in [0.29, 0.717) is 11.4 Å². The quantitative estimate of drug-likeness (QED) is 0.817. The van der Waals surface area contributed by atoms with E-state index in [2.05, 4.69) is 23.2 Å². The van der Waals surface area contributed by atoms with Gasteiger partial charge in [0.25, 0.3) is 0 Å². The Balaban J connectivity index is 1.85. The first-order chi connectivity index (χ1) is 9.35. The number of hydrogen-bond donors (Lipinski definition) is 0. The second-order valence-electron chi connectivity index (χ2n) is 4.73. The Morgan fingerprint density at radius 3 is 2.74 bits per heavy atom. The molecule has 0 aliphatic heterocycles. The van der Waals surface area contributed by atoms with E-state index in [1.807, 2.05) is 6.07 Å². The zero-order chi connectivity index (χ0) is 13.1. The molecule has 1 aliphatic rings. The summed E-state index contributed by atoms with van der Waals surface area (Å²) in [6.45, 7) is 0. The van der Waals surface area contributed by atoms with E-state index in [9.17, 15) is 0 Å². The third kappa shape index (κ3) is 2.58. The first-order valence-corrected chi connectivity index (χ1v) is 6.51. The lowest BCUT2D eigenvalue weighted by Crippen LogP contribution is -2.02. The first-order valence-electron chi connectivity index (χ1n) is 6.51. The molecule has 0 saturated heterocycles. The standard InChI is InChI=1S/C16H14N2O/c17-11-12-7-8-18-16(9-12)19-15-6-5-13-3-1-2-4-14(13)10-15/h5-10H,1-4H2. The van der Waals surface area contributed by atoms with Crippen LogP contribution < -0.4 is 4.74 Å². The highest BCUT2D eigenvalue weighted by Gasteiger charge is 2.10. The summed E-state index contributed by atoms with van der Waals surface area (Å²) in [6.07, 6.45) is 6.40. The molecule has 2 aromatic rings. The molecule has 3 rings (SSSR count). The van der Waals surface area contributed by atoms with Crippen LogP contribution in [-0.2, 0) is 12.8 Å². The minimum absolute atomic E-state index is 0.467. The van der Waals surface area contributed by atoms with Crippen LogP contribution in [0.3, 0.4) is 0 Å². The lowest BCUT2D eigenvalue weighted by atomic mass is 9.92. The third-order valence-electron chi connectivity index (χ3n) is 3.41. The van der Waals surface area contributed by atoms with Gasteiger partial charge in [0.15, 0.2) is 0 Å². The van der Waals surface area contributed by atoms with Gasteiger partial charge in [-0.15, -0.1) is 0 Å². The van der Waals surface area contributed by atoms with Crippen molar-refractivity contribution in [2.75, 3.05) is 0 Å². The highest BCUT2D eigenvalue weighted by Crippen LogP contribution is 2.27. The number of pyridine rings is 1. The van der Waals surface area contributed by atoms with Gasteiger partial charge >= 0.3 is 0 Å². The van der Waals surface area contributed by atoms with Gasteiger partial charge < -0.3 is 4.74 Å². The topological polar surface area (TPSA) is 45.9 Å². The Hall–Kier alpha value is -2.34. The summed E-state index contributed by atoms with van der Waals surface area (Å²) in [5, 5.41) is 8.85. The van der Waals surface area contributed by atoms with E-state index in [0.717, 1.165) is 18.6 Å². The zero-order valence-electron chi connectivity index (χ0n) is 10.6. The van der Waals surface area contributed by atoms with Crippen molar-refractivity contribution >= 4 is 0 Å². The van der Waals surface area contributed by atoms with Gasteiger partial charge in [-0.1, -0.05) is 6.07 Å². The molecule has 3 heteroatoms. The average Bonchev–Trinajstić information content (AvgIpc) is 2.47. The summed E-state index contributed by atoms with van der Waals surface area (Å²) >= 11 is 0. The van der Waals surface area contributed by atoms with Crippen LogP contribution in [0.25, 0.3) is 0 Å². The van der Waals surface area contributed by atoms with Gasteiger partial charge in [0.05, 0.1) is 11.6 Å². The van der Waals surface area contributed by atoms with Gasteiger partial charge in [-0.05, 0) is 55.0 Å². The summed E-state index contributed by atoms with van der Waals surface area (Å²) < 4.78 is 5.72. The molecular weight excluding hydrogens is 236 g/mol. The van der Waals surface area contributed by atoms with Crippen LogP contribution in [0.5, 0.6) is 11.6 Å². The molecule has 0 saturated carbocycles. The number of nitrogens with zero attached hydrogens (tertiary/aromatic N) is 2. The fraction of sp³-hybridized carbons (Fsp3) is 0.250. The van der Waals surface area contributed by atoms with Crippen LogP contribution in [0, 0.1) is 11.3 Å². The van der Waals surface area contributed by atoms with Crippen molar-refractivity contribution in [3.05, 3.63) is 53.2 Å². The van der Waals surface area contributed by atoms with Crippen LogP contribution >= 0.6 is 0 Å². The van der Waals surface area contributed by atoms with Gasteiger partial charge in [0.1, 0.15) is 5.75 Å². The van der Waals surface area contributed by atoms with Crippen molar-refractivity contribution < 1.29 is 4.74 Å². The number of fused-ring (bicyclic) bond motifs is 1. The number of nitriles is 1. The fourth-order valence-electron chi connectivity index (χ4n) is 2.43. The van der Waals surface area contributed by atoms with Gasteiger partial charge in [0.2, 0.25) is 5.88 Å². The Morgan fingerprint density at radius 1 is 1.05 bits per heavy atom. The Kier molecular flexibility index (Phi) is 3.16. The predicted octanol–water partition coefficient (Wildman–Crippen LogP) is 3.62. The number of benzene rings is 1. The lowest BCUT2D eigenvalue weighted by molar-refractivity contribution is 0.461. The molecule has 1 aromatic heterocycles. The Labute approximate surface area is 112 Å². The smallest absolute Gasteiger partial charge is 0.220 e. The van der Waals surface area contributed by atoms with Crippen molar-refractivity contribution in [3.63, 3.8) is 0 Å². The number of hydrogen-bond acceptors (Lipinski definition) is 3. The lowest BCUT2D eigenvalue weighted by Gasteiger charge is -2.16. The zero-order valence-corrected chi connectivity index (χ0v) is 10.6. The normalized spacial score (nSPS) is 13.4. The van der Waals surface area contributed by atoms with E-state index in [4.69, 9.17) is 10.00 Å². The first kappa shape index (κ1) is 11.7. The molecular formula is C16H14N2O. The Morgan fingerprint density at radius 2 is 1.89 bits per heavy atom. The fourth-order valence-corrected chi connectivity index (χ4v) is 2.43. The number of aromatic nitrogens is 1. The van der Waals surface area contributed by atoms with Crippen molar-refractivity contribution in [1.82, 2.24) is 4.98 Å². The van der Waals surface area contributed by atoms with Crippen molar-refractivity contribution in [1.29, 1.82) is 5.26 Å². The molecule has 0 radical (unpaired) electrons. The molecule has 94 valence electrons. The predicted molar refractivity (Wildman–Crippen MR) is 72.1 cm³/mol. The Bertz CT molecular complexity index is 643. The van der Waals surface area contributed by atoms with Crippen molar-refractivity contribution in [2.45, 2.75) is 25.7 Å². The van der Waals surface area contributed by atoms with E-state index in [1.54, 1.807) is 18.3 Å². The van der Waals surface area contributed by atoms with Crippen molar-refractivity contribution in [3.8, 4) is 17.7 Å². The molecule has 1 heterocycles. The van der Waals surface area contributed by atoms with E-state index in [1.165, 1.54) is 24.0 Å². The molecule has 3 nitrogen and oxygen atoms in total. The molecule has 0 fully saturated rings. The largest absolute Gasteiger partial charge is 0.439 e. The number of rotatable bonds is 2. The van der Waals surface area contributed by atoms with E-state index >= 15 is 0 Å². The van der Waals surface area contributed by atoms with E-state index in [-0.39, 0.29) is 0 Å². The second kappa shape index (κ2) is 5.11. The van der Waals surface area contributed by atoms with Crippen LogP contribution in [0.2, 0.25) is 0 Å². The van der Waals surface area contributed by atoms with Gasteiger partial charge in [-0.3, -0.25) is 0 Å². The van der Waals surface area contributed by atoms with Crippen molar-refractivity contribution in [2.24, 2.45) is 0 Å². The average molecular weight is 250 g/mol. The highest BCUT2D eigenvalue weighted by atomic mass is 16.5. The summed E-state index contributed by atoms with van der Waals surface area (Å²) in [5.74, 6) is 1.26. The maximum Gasteiger partial charge on any atom is 0.220 e.